The van der Waals surface area contributed by atoms with Gasteiger partial charge in [-0.1, -0.05) is 66.2 Å². The minimum atomic E-state index is -0.101. The molecule has 3 aromatic rings. The predicted octanol–water partition coefficient (Wildman–Crippen LogP) is 4.37. The Morgan fingerprint density at radius 2 is 1.52 bits per heavy atom. The lowest BCUT2D eigenvalue weighted by atomic mass is 10.1. The Hall–Kier alpha value is -3.51. The fourth-order valence-electron chi connectivity index (χ4n) is 3.17. The molecule has 0 spiro atoms. The van der Waals surface area contributed by atoms with E-state index in [1.807, 2.05) is 78.9 Å². The van der Waals surface area contributed by atoms with Gasteiger partial charge in [0.15, 0.2) is 5.96 Å². The second kappa shape index (κ2) is 10.5. The molecule has 0 aromatic heterocycles. The zero-order chi connectivity index (χ0) is 22.2. The van der Waals surface area contributed by atoms with Crippen molar-refractivity contribution in [3.63, 3.8) is 0 Å². The molecule has 0 atom stereocenters. The average Bonchev–Trinajstić information content (AvgIpc) is 2.78. The van der Waals surface area contributed by atoms with Crippen molar-refractivity contribution in [3.8, 4) is 0 Å². The molecule has 3 rings (SSSR count). The third-order valence-electron chi connectivity index (χ3n) is 4.80. The first-order chi connectivity index (χ1) is 14.9. The van der Waals surface area contributed by atoms with E-state index in [2.05, 4.69) is 4.99 Å². The number of hydrogen-bond acceptors (Lipinski definition) is 2. The highest BCUT2D eigenvalue weighted by atomic mass is 35.5. The molecule has 7 heteroatoms. The van der Waals surface area contributed by atoms with Gasteiger partial charge in [0.1, 0.15) is 0 Å². The number of benzene rings is 3. The Balaban J connectivity index is 1.81. The number of urea groups is 1. The first-order valence-electron chi connectivity index (χ1n) is 9.87. The Morgan fingerprint density at radius 1 is 0.871 bits per heavy atom. The molecular weight excluding hydrogens is 410 g/mol. The zero-order valence-corrected chi connectivity index (χ0v) is 18.2. The number of nitrogens with zero attached hydrogens (tertiary/aromatic N) is 3. The van der Waals surface area contributed by atoms with E-state index < -0.39 is 0 Å². The SMILES string of the molecule is CN(C(=O)N(Cc1ccc(CN=C(N)N)cc1)Cc1cccc(Cl)c1)c1ccccc1. The monoisotopic (exact) mass is 435 g/mol. The van der Waals surface area contributed by atoms with Gasteiger partial charge in [0, 0.05) is 30.8 Å². The van der Waals surface area contributed by atoms with Gasteiger partial charge in [0.05, 0.1) is 6.54 Å². The Kier molecular flexibility index (Phi) is 7.51. The summed E-state index contributed by atoms with van der Waals surface area (Å²) >= 11 is 6.15. The third kappa shape index (κ3) is 6.49. The summed E-state index contributed by atoms with van der Waals surface area (Å²) in [7, 11) is 1.78. The van der Waals surface area contributed by atoms with Crippen LogP contribution in [0.1, 0.15) is 16.7 Å². The molecule has 0 aliphatic rings. The molecule has 2 amide bonds. The smallest absolute Gasteiger partial charge is 0.324 e. The van der Waals surface area contributed by atoms with Gasteiger partial charge in [0.2, 0.25) is 0 Å². The minimum Gasteiger partial charge on any atom is -0.370 e. The number of rotatable bonds is 7. The first-order valence-corrected chi connectivity index (χ1v) is 10.3. The summed E-state index contributed by atoms with van der Waals surface area (Å²) in [6, 6.07) is 24.9. The number of guanidine groups is 1. The minimum absolute atomic E-state index is 0.0614. The summed E-state index contributed by atoms with van der Waals surface area (Å²) < 4.78 is 0. The number of carbonyl (C=O) groups excluding carboxylic acids is 1. The van der Waals surface area contributed by atoms with Crippen LogP contribution in [0.4, 0.5) is 10.5 Å². The topological polar surface area (TPSA) is 88.0 Å². The number of hydrogen-bond donors (Lipinski definition) is 2. The Bertz CT molecular complexity index is 1030. The summed E-state index contributed by atoms with van der Waals surface area (Å²) in [6.45, 7) is 1.31. The second-order valence-electron chi connectivity index (χ2n) is 7.22. The van der Waals surface area contributed by atoms with Crippen LogP contribution in [0.15, 0.2) is 83.9 Å². The maximum absolute atomic E-state index is 13.4. The molecule has 0 aliphatic carbocycles. The number of anilines is 1. The Labute approximate surface area is 187 Å². The van der Waals surface area contributed by atoms with Crippen LogP contribution in [0.2, 0.25) is 5.02 Å². The van der Waals surface area contributed by atoms with Crippen LogP contribution >= 0.6 is 11.6 Å². The van der Waals surface area contributed by atoms with Crippen molar-refractivity contribution in [2.45, 2.75) is 19.6 Å². The van der Waals surface area contributed by atoms with Gasteiger partial charge >= 0.3 is 6.03 Å². The van der Waals surface area contributed by atoms with E-state index in [0.29, 0.717) is 24.7 Å². The number of aliphatic imine (C=N–C) groups is 1. The van der Waals surface area contributed by atoms with Crippen LogP contribution in [0, 0.1) is 0 Å². The van der Waals surface area contributed by atoms with Crippen LogP contribution in [0.5, 0.6) is 0 Å². The molecule has 0 bridgehead atoms. The summed E-state index contributed by atoms with van der Waals surface area (Å²) in [4.78, 5) is 20.8. The maximum atomic E-state index is 13.4. The summed E-state index contributed by atoms with van der Waals surface area (Å²) in [5.41, 5.74) is 14.6. The van der Waals surface area contributed by atoms with Crippen molar-refractivity contribution in [2.24, 2.45) is 16.5 Å². The molecule has 0 saturated carbocycles. The predicted molar refractivity (Wildman–Crippen MR) is 127 cm³/mol. The largest absolute Gasteiger partial charge is 0.370 e. The van der Waals surface area contributed by atoms with Crippen molar-refractivity contribution < 1.29 is 4.79 Å². The van der Waals surface area contributed by atoms with Crippen LogP contribution in [-0.4, -0.2) is 23.9 Å². The quantitative estimate of drug-likeness (QED) is 0.426. The maximum Gasteiger partial charge on any atom is 0.324 e. The molecule has 0 saturated heterocycles. The van der Waals surface area contributed by atoms with E-state index in [9.17, 15) is 4.79 Å². The number of amides is 2. The first kappa shape index (κ1) is 22.2. The molecular formula is C24H26ClN5O. The van der Waals surface area contributed by atoms with E-state index in [1.165, 1.54) is 0 Å². The zero-order valence-electron chi connectivity index (χ0n) is 17.4. The van der Waals surface area contributed by atoms with Gasteiger partial charge in [0.25, 0.3) is 0 Å². The van der Waals surface area contributed by atoms with Crippen LogP contribution in [0.25, 0.3) is 0 Å². The highest BCUT2D eigenvalue weighted by Crippen LogP contribution is 2.19. The highest BCUT2D eigenvalue weighted by molar-refractivity contribution is 6.30. The fourth-order valence-corrected chi connectivity index (χ4v) is 3.39. The van der Waals surface area contributed by atoms with E-state index >= 15 is 0 Å². The van der Waals surface area contributed by atoms with Gasteiger partial charge in [-0.25, -0.2) is 9.79 Å². The molecule has 0 heterocycles. The molecule has 3 aromatic carbocycles. The molecule has 0 radical (unpaired) electrons. The summed E-state index contributed by atoms with van der Waals surface area (Å²) in [6.07, 6.45) is 0. The van der Waals surface area contributed by atoms with E-state index in [0.717, 1.165) is 22.4 Å². The third-order valence-corrected chi connectivity index (χ3v) is 5.04. The lowest BCUT2D eigenvalue weighted by Gasteiger charge is -2.29. The van der Waals surface area contributed by atoms with Crippen LogP contribution in [0.3, 0.4) is 0 Å². The molecule has 0 unspecified atom stereocenters. The molecule has 4 N–H and O–H groups in total. The highest BCUT2D eigenvalue weighted by Gasteiger charge is 2.20. The number of nitrogens with two attached hydrogens (primary N) is 2. The lowest BCUT2D eigenvalue weighted by molar-refractivity contribution is 0.200. The van der Waals surface area contributed by atoms with E-state index in [1.54, 1.807) is 16.8 Å². The van der Waals surface area contributed by atoms with Crippen molar-refractivity contribution in [3.05, 3.63) is 101 Å². The molecule has 6 nitrogen and oxygen atoms in total. The van der Waals surface area contributed by atoms with Gasteiger partial charge in [-0.3, -0.25) is 4.90 Å². The molecule has 160 valence electrons. The van der Waals surface area contributed by atoms with Crippen molar-refractivity contribution >= 4 is 29.3 Å². The van der Waals surface area contributed by atoms with Gasteiger partial charge in [-0.05, 0) is 41.0 Å². The van der Waals surface area contributed by atoms with E-state index in [-0.39, 0.29) is 12.0 Å². The number of halogens is 1. The van der Waals surface area contributed by atoms with Gasteiger partial charge in [-0.15, -0.1) is 0 Å². The lowest BCUT2D eigenvalue weighted by Crippen LogP contribution is -2.40. The summed E-state index contributed by atoms with van der Waals surface area (Å²) in [5.74, 6) is 0.0614. The van der Waals surface area contributed by atoms with Crippen LogP contribution in [-0.2, 0) is 19.6 Å². The number of carbonyl (C=O) groups is 1. The summed E-state index contributed by atoms with van der Waals surface area (Å²) in [5, 5.41) is 0.644. The second-order valence-corrected chi connectivity index (χ2v) is 7.66. The molecule has 0 fully saturated rings. The average molecular weight is 436 g/mol. The standard InChI is InChI=1S/C24H26ClN5O/c1-29(22-8-3-2-4-9-22)24(31)30(17-20-6-5-7-21(25)14-20)16-19-12-10-18(11-13-19)15-28-23(26)27/h2-14H,15-17H2,1H3,(H4,26,27,28). The van der Waals surface area contributed by atoms with Gasteiger partial charge < -0.3 is 16.4 Å². The fraction of sp³-hybridized carbons (Fsp3) is 0.167. The number of para-hydroxylation sites is 1. The molecule has 31 heavy (non-hydrogen) atoms. The van der Waals surface area contributed by atoms with E-state index in [4.69, 9.17) is 23.1 Å². The van der Waals surface area contributed by atoms with Crippen molar-refractivity contribution in [1.82, 2.24) is 4.90 Å². The van der Waals surface area contributed by atoms with Crippen molar-refractivity contribution in [1.29, 1.82) is 0 Å². The van der Waals surface area contributed by atoms with Gasteiger partial charge in [-0.2, -0.15) is 0 Å². The Morgan fingerprint density at radius 3 is 2.16 bits per heavy atom. The molecule has 0 aliphatic heterocycles. The van der Waals surface area contributed by atoms with Crippen molar-refractivity contribution in [2.75, 3.05) is 11.9 Å². The van der Waals surface area contributed by atoms with Crippen LogP contribution < -0.4 is 16.4 Å². The normalized spacial score (nSPS) is 10.4.